The minimum absolute atomic E-state index is 0.158. The molecule has 0 aliphatic heterocycles. The van der Waals surface area contributed by atoms with Gasteiger partial charge in [-0.1, -0.05) is 20.8 Å². The van der Waals surface area contributed by atoms with E-state index in [2.05, 4.69) is 31.8 Å². The fourth-order valence-corrected chi connectivity index (χ4v) is 4.23. The Labute approximate surface area is 172 Å². The molecule has 0 spiro atoms. The van der Waals surface area contributed by atoms with Crippen LogP contribution in [0.2, 0.25) is 0 Å². The van der Waals surface area contributed by atoms with Crippen molar-refractivity contribution in [3.05, 3.63) is 29.0 Å². The molecule has 0 fully saturated rings. The summed E-state index contributed by atoms with van der Waals surface area (Å²) >= 11 is 0. The van der Waals surface area contributed by atoms with Crippen molar-refractivity contribution in [1.29, 1.82) is 5.26 Å². The van der Waals surface area contributed by atoms with Gasteiger partial charge in [0, 0.05) is 16.8 Å². The molecule has 0 saturated carbocycles. The van der Waals surface area contributed by atoms with Crippen molar-refractivity contribution in [3.8, 4) is 34.4 Å². The smallest absolute Gasteiger partial charge is 0.203 e. The van der Waals surface area contributed by atoms with Gasteiger partial charge in [0.05, 0.1) is 21.3 Å². The van der Waals surface area contributed by atoms with Crippen molar-refractivity contribution in [2.75, 3.05) is 27.1 Å². The SMILES string of the molecule is COc1ccc(-c2c(C#N)c(N)nc3c2CC(C(C)(C)C)CC3)c(OC)c1OC. The van der Waals surface area contributed by atoms with Crippen LogP contribution < -0.4 is 19.9 Å². The first kappa shape index (κ1) is 20.8. The van der Waals surface area contributed by atoms with Crippen molar-refractivity contribution in [2.24, 2.45) is 11.3 Å². The monoisotopic (exact) mass is 395 g/mol. The van der Waals surface area contributed by atoms with Gasteiger partial charge in [0.25, 0.3) is 0 Å². The van der Waals surface area contributed by atoms with E-state index in [1.807, 2.05) is 12.1 Å². The van der Waals surface area contributed by atoms with Crippen LogP contribution in [0.15, 0.2) is 12.1 Å². The van der Waals surface area contributed by atoms with Gasteiger partial charge in [-0.2, -0.15) is 5.26 Å². The number of ether oxygens (including phenoxy) is 3. The molecule has 1 aromatic carbocycles. The Kier molecular flexibility index (Phi) is 5.61. The number of rotatable bonds is 4. The third-order valence-electron chi connectivity index (χ3n) is 5.90. The number of benzene rings is 1. The Bertz CT molecular complexity index is 971. The fourth-order valence-electron chi connectivity index (χ4n) is 4.23. The van der Waals surface area contributed by atoms with Crippen molar-refractivity contribution in [2.45, 2.75) is 40.0 Å². The van der Waals surface area contributed by atoms with Crippen LogP contribution in [0.1, 0.15) is 44.0 Å². The highest BCUT2D eigenvalue weighted by Crippen LogP contribution is 2.49. The molecule has 2 aromatic rings. The van der Waals surface area contributed by atoms with E-state index in [9.17, 15) is 5.26 Å². The number of aryl methyl sites for hydroxylation is 1. The molecule has 0 bridgehead atoms. The summed E-state index contributed by atoms with van der Waals surface area (Å²) in [6.45, 7) is 6.78. The molecule has 0 saturated heterocycles. The number of pyridine rings is 1. The summed E-state index contributed by atoms with van der Waals surface area (Å²) in [6.07, 6.45) is 2.74. The Morgan fingerprint density at radius 1 is 1.10 bits per heavy atom. The van der Waals surface area contributed by atoms with E-state index in [0.29, 0.717) is 28.7 Å². The highest BCUT2D eigenvalue weighted by Gasteiger charge is 2.33. The van der Waals surface area contributed by atoms with Crippen LogP contribution >= 0.6 is 0 Å². The van der Waals surface area contributed by atoms with Crippen LogP contribution in [0.4, 0.5) is 5.82 Å². The van der Waals surface area contributed by atoms with Crippen molar-refractivity contribution in [3.63, 3.8) is 0 Å². The number of nitriles is 1. The number of anilines is 1. The molecule has 0 radical (unpaired) electrons. The summed E-state index contributed by atoms with van der Waals surface area (Å²) in [5.74, 6) is 2.32. The molecule has 1 aromatic heterocycles. The number of hydrogen-bond donors (Lipinski definition) is 1. The molecule has 2 N–H and O–H groups in total. The van der Waals surface area contributed by atoms with Gasteiger partial charge in [-0.05, 0) is 48.3 Å². The Morgan fingerprint density at radius 2 is 1.79 bits per heavy atom. The van der Waals surface area contributed by atoms with Crippen LogP contribution in [0.25, 0.3) is 11.1 Å². The number of nitrogens with zero attached hydrogens (tertiary/aromatic N) is 2. The van der Waals surface area contributed by atoms with E-state index in [1.165, 1.54) is 0 Å². The molecule has 1 unspecified atom stereocenters. The summed E-state index contributed by atoms with van der Waals surface area (Å²) in [5, 5.41) is 9.91. The normalized spacial score (nSPS) is 16.0. The third kappa shape index (κ3) is 3.57. The van der Waals surface area contributed by atoms with Gasteiger partial charge in [0.2, 0.25) is 5.75 Å². The van der Waals surface area contributed by atoms with Crippen molar-refractivity contribution in [1.82, 2.24) is 4.98 Å². The van der Waals surface area contributed by atoms with E-state index in [4.69, 9.17) is 19.9 Å². The molecule has 1 atom stereocenters. The lowest BCUT2D eigenvalue weighted by Gasteiger charge is -2.36. The highest BCUT2D eigenvalue weighted by atomic mass is 16.5. The lowest BCUT2D eigenvalue weighted by Crippen LogP contribution is -2.28. The van der Waals surface area contributed by atoms with Crippen LogP contribution in [0.5, 0.6) is 17.2 Å². The first-order chi connectivity index (χ1) is 13.8. The maximum absolute atomic E-state index is 9.91. The summed E-state index contributed by atoms with van der Waals surface area (Å²) in [7, 11) is 4.74. The topological polar surface area (TPSA) is 90.4 Å². The number of aromatic nitrogens is 1. The average Bonchev–Trinajstić information content (AvgIpc) is 2.70. The maximum atomic E-state index is 9.91. The molecule has 6 heteroatoms. The highest BCUT2D eigenvalue weighted by molar-refractivity contribution is 5.85. The molecule has 0 amide bonds. The number of nitrogens with two attached hydrogens (primary N) is 1. The number of fused-ring (bicyclic) bond motifs is 1. The zero-order valence-electron chi connectivity index (χ0n) is 18.0. The van der Waals surface area contributed by atoms with Gasteiger partial charge in [-0.25, -0.2) is 4.98 Å². The van der Waals surface area contributed by atoms with Gasteiger partial charge in [0.15, 0.2) is 11.5 Å². The Hall–Kier alpha value is -2.94. The van der Waals surface area contributed by atoms with Crippen LogP contribution in [0.3, 0.4) is 0 Å². The second-order valence-electron chi connectivity index (χ2n) is 8.47. The van der Waals surface area contributed by atoms with Crippen LogP contribution in [0, 0.1) is 22.7 Å². The van der Waals surface area contributed by atoms with Gasteiger partial charge >= 0.3 is 0 Å². The molecule has 29 heavy (non-hydrogen) atoms. The molecule has 6 nitrogen and oxygen atoms in total. The zero-order valence-corrected chi connectivity index (χ0v) is 18.0. The molecule has 1 heterocycles. The predicted octanol–water partition coefficient (Wildman–Crippen LogP) is 4.38. The molecule has 1 aliphatic rings. The Balaban J connectivity index is 2.34. The molecule has 3 rings (SSSR count). The summed E-state index contributed by atoms with van der Waals surface area (Å²) in [4.78, 5) is 4.58. The molecule has 1 aliphatic carbocycles. The van der Waals surface area contributed by atoms with Crippen LogP contribution in [-0.4, -0.2) is 26.3 Å². The van der Waals surface area contributed by atoms with Gasteiger partial charge < -0.3 is 19.9 Å². The van der Waals surface area contributed by atoms with Crippen molar-refractivity contribution < 1.29 is 14.2 Å². The predicted molar refractivity (Wildman–Crippen MR) is 113 cm³/mol. The van der Waals surface area contributed by atoms with E-state index >= 15 is 0 Å². The average molecular weight is 396 g/mol. The second-order valence-corrected chi connectivity index (χ2v) is 8.47. The largest absolute Gasteiger partial charge is 0.493 e. The fraction of sp³-hybridized carbons (Fsp3) is 0.478. The number of hydrogen-bond acceptors (Lipinski definition) is 6. The van der Waals surface area contributed by atoms with E-state index in [1.54, 1.807) is 21.3 Å². The summed E-state index contributed by atoms with van der Waals surface area (Å²) in [6, 6.07) is 5.99. The summed E-state index contributed by atoms with van der Waals surface area (Å²) < 4.78 is 16.7. The molecule has 154 valence electrons. The third-order valence-corrected chi connectivity index (χ3v) is 5.90. The standard InChI is InChI=1S/C23H29N3O3/c1-23(2,3)13-7-9-17-15(11-13)19(16(12-24)22(25)26-17)14-8-10-18(27-4)21(29-6)20(14)28-5/h8,10,13H,7,9,11H2,1-6H3,(H2,25,26). The first-order valence-electron chi connectivity index (χ1n) is 9.77. The van der Waals surface area contributed by atoms with E-state index in [0.717, 1.165) is 41.6 Å². The first-order valence-corrected chi connectivity index (χ1v) is 9.77. The lowest BCUT2D eigenvalue weighted by atomic mass is 9.70. The quantitative estimate of drug-likeness (QED) is 0.826. The molecular weight excluding hydrogens is 366 g/mol. The number of methoxy groups -OCH3 is 3. The minimum Gasteiger partial charge on any atom is -0.493 e. The molecular formula is C23H29N3O3. The summed E-state index contributed by atoms with van der Waals surface area (Å²) in [5.41, 5.74) is 10.3. The second kappa shape index (κ2) is 7.82. The van der Waals surface area contributed by atoms with E-state index in [-0.39, 0.29) is 11.2 Å². The minimum atomic E-state index is 0.158. The van der Waals surface area contributed by atoms with E-state index < -0.39 is 0 Å². The lowest BCUT2D eigenvalue weighted by molar-refractivity contribution is 0.215. The zero-order chi connectivity index (χ0) is 21.3. The Morgan fingerprint density at radius 3 is 2.34 bits per heavy atom. The number of nitrogen functional groups attached to an aromatic ring is 1. The van der Waals surface area contributed by atoms with Gasteiger partial charge in [0.1, 0.15) is 17.5 Å². The maximum Gasteiger partial charge on any atom is 0.203 e. The van der Waals surface area contributed by atoms with Crippen LogP contribution in [-0.2, 0) is 12.8 Å². The van der Waals surface area contributed by atoms with Gasteiger partial charge in [-0.3, -0.25) is 0 Å². The van der Waals surface area contributed by atoms with Crippen molar-refractivity contribution >= 4 is 5.82 Å². The van der Waals surface area contributed by atoms with Gasteiger partial charge in [-0.15, -0.1) is 0 Å².